The fourth-order valence-electron chi connectivity index (χ4n) is 3.65. The molecule has 0 saturated heterocycles. The molecule has 1 aliphatic heterocycles. The van der Waals surface area contributed by atoms with E-state index < -0.39 is 16.0 Å². The molecule has 0 saturated carbocycles. The molecule has 1 aliphatic rings. The zero-order chi connectivity index (χ0) is 22.2. The summed E-state index contributed by atoms with van der Waals surface area (Å²) in [7, 11) is -2.22. The largest absolute Gasteiger partial charge is 0.352 e. The molecule has 0 aliphatic carbocycles. The van der Waals surface area contributed by atoms with Crippen LogP contribution < -0.4 is 14.3 Å². The van der Waals surface area contributed by atoms with Crippen LogP contribution in [0.4, 0.5) is 21.6 Å². The molecule has 0 bridgehead atoms. The number of anilines is 3. The molecule has 31 heavy (non-hydrogen) atoms. The van der Waals surface area contributed by atoms with Crippen LogP contribution in [0.1, 0.15) is 22.3 Å². The second-order valence-corrected chi connectivity index (χ2v) is 9.44. The second kappa shape index (κ2) is 8.41. The summed E-state index contributed by atoms with van der Waals surface area (Å²) >= 11 is 5.83. The molecule has 2 N–H and O–H groups in total. The Morgan fingerprint density at radius 2 is 2.00 bits per heavy atom. The Labute approximate surface area is 185 Å². The van der Waals surface area contributed by atoms with Crippen LogP contribution in [-0.4, -0.2) is 32.0 Å². The highest BCUT2D eigenvalue weighted by atomic mass is 35.5. The van der Waals surface area contributed by atoms with Gasteiger partial charge in [-0.25, -0.2) is 18.4 Å². The molecule has 3 aromatic rings. The van der Waals surface area contributed by atoms with Crippen LogP contribution in [0.25, 0.3) is 0 Å². The molecule has 0 unspecified atom stereocenters. The van der Waals surface area contributed by atoms with Crippen LogP contribution in [0, 0.1) is 12.7 Å². The van der Waals surface area contributed by atoms with Crippen LogP contribution in [-0.2, 0) is 23.1 Å². The Morgan fingerprint density at radius 3 is 2.74 bits per heavy atom. The normalized spacial score (nSPS) is 13.4. The lowest BCUT2D eigenvalue weighted by Crippen LogP contribution is -2.38. The SMILES string of the molecule is CNS(=O)(=O)N1CCc2c(Cc3cncc(Nc4ccc(Cl)cc4F)c3C)ccnc21. The first-order chi connectivity index (χ1) is 14.8. The van der Waals surface area contributed by atoms with E-state index in [1.807, 2.05) is 13.0 Å². The first kappa shape index (κ1) is 21.5. The van der Waals surface area contributed by atoms with E-state index in [9.17, 15) is 12.8 Å². The zero-order valence-electron chi connectivity index (χ0n) is 17.0. The molecule has 0 radical (unpaired) electrons. The minimum absolute atomic E-state index is 0.309. The summed E-state index contributed by atoms with van der Waals surface area (Å²) in [5.74, 6) is 0.00469. The van der Waals surface area contributed by atoms with Gasteiger partial charge in [0, 0.05) is 36.6 Å². The number of fused-ring (bicyclic) bond motifs is 1. The number of nitrogens with one attached hydrogen (secondary N) is 2. The Morgan fingerprint density at radius 1 is 1.19 bits per heavy atom. The van der Waals surface area contributed by atoms with E-state index in [0.717, 1.165) is 22.3 Å². The lowest BCUT2D eigenvalue weighted by Gasteiger charge is -2.18. The molecule has 2 aromatic heterocycles. The molecule has 0 atom stereocenters. The highest BCUT2D eigenvalue weighted by Gasteiger charge is 2.31. The van der Waals surface area contributed by atoms with Gasteiger partial charge in [0.05, 0.1) is 17.6 Å². The van der Waals surface area contributed by atoms with E-state index in [2.05, 4.69) is 20.0 Å². The monoisotopic (exact) mass is 461 g/mol. The highest BCUT2D eigenvalue weighted by Crippen LogP contribution is 2.32. The van der Waals surface area contributed by atoms with Crippen LogP contribution in [0.2, 0.25) is 5.02 Å². The molecule has 0 amide bonds. The van der Waals surface area contributed by atoms with Gasteiger partial charge in [0.1, 0.15) is 11.6 Å². The van der Waals surface area contributed by atoms with Crippen molar-refractivity contribution in [3.63, 3.8) is 0 Å². The van der Waals surface area contributed by atoms with Gasteiger partial charge in [-0.05, 0) is 60.7 Å². The van der Waals surface area contributed by atoms with E-state index in [4.69, 9.17) is 11.6 Å². The van der Waals surface area contributed by atoms with Crippen molar-refractivity contribution in [1.82, 2.24) is 14.7 Å². The van der Waals surface area contributed by atoms with Crippen molar-refractivity contribution in [2.45, 2.75) is 19.8 Å². The predicted octanol–water partition coefficient (Wildman–Crippen LogP) is 3.74. The lowest BCUT2D eigenvalue weighted by molar-refractivity contribution is 0.584. The minimum Gasteiger partial charge on any atom is -0.352 e. The Balaban J connectivity index is 1.64. The number of hydrogen-bond acceptors (Lipinski definition) is 5. The van der Waals surface area contributed by atoms with Gasteiger partial charge in [-0.3, -0.25) is 4.98 Å². The maximum Gasteiger partial charge on any atom is 0.302 e. The molecule has 1 aromatic carbocycles. The molecule has 10 heteroatoms. The summed E-state index contributed by atoms with van der Waals surface area (Å²) in [6.45, 7) is 2.28. The Bertz CT molecular complexity index is 1250. The van der Waals surface area contributed by atoms with Crippen LogP contribution in [0.5, 0.6) is 0 Å². The van der Waals surface area contributed by atoms with Gasteiger partial charge in [0.2, 0.25) is 0 Å². The number of aromatic nitrogens is 2. The third kappa shape index (κ3) is 4.21. The van der Waals surface area contributed by atoms with Crippen molar-refractivity contribution >= 4 is 39.0 Å². The summed E-state index contributed by atoms with van der Waals surface area (Å²) in [4.78, 5) is 8.60. The van der Waals surface area contributed by atoms with Crippen molar-refractivity contribution in [2.75, 3.05) is 23.2 Å². The number of pyridine rings is 2. The first-order valence-electron chi connectivity index (χ1n) is 9.63. The summed E-state index contributed by atoms with van der Waals surface area (Å²) in [6, 6.07) is 6.34. The third-order valence-corrected chi connectivity index (χ3v) is 7.07. The lowest BCUT2D eigenvalue weighted by atomic mass is 9.98. The topological polar surface area (TPSA) is 87.2 Å². The van der Waals surface area contributed by atoms with Crippen molar-refractivity contribution in [1.29, 1.82) is 0 Å². The summed E-state index contributed by atoms with van der Waals surface area (Å²) in [5.41, 5.74) is 4.75. The molecule has 0 spiro atoms. The van der Waals surface area contributed by atoms with Crippen LogP contribution in [0.15, 0.2) is 42.9 Å². The van der Waals surface area contributed by atoms with Crippen LogP contribution >= 0.6 is 11.6 Å². The van der Waals surface area contributed by atoms with Gasteiger partial charge in [0.15, 0.2) is 0 Å². The summed E-state index contributed by atoms with van der Waals surface area (Å²) < 4.78 is 42.4. The zero-order valence-corrected chi connectivity index (χ0v) is 18.6. The first-order valence-corrected chi connectivity index (χ1v) is 11.5. The average molecular weight is 462 g/mol. The van der Waals surface area contributed by atoms with Crippen molar-refractivity contribution < 1.29 is 12.8 Å². The average Bonchev–Trinajstić information content (AvgIpc) is 3.19. The van der Waals surface area contributed by atoms with E-state index in [-0.39, 0.29) is 0 Å². The molecule has 7 nitrogen and oxygen atoms in total. The minimum atomic E-state index is -3.60. The third-order valence-electron chi connectivity index (χ3n) is 5.38. The smallest absolute Gasteiger partial charge is 0.302 e. The van der Waals surface area contributed by atoms with Crippen LogP contribution in [0.3, 0.4) is 0 Å². The second-order valence-electron chi connectivity index (χ2n) is 7.20. The van der Waals surface area contributed by atoms with Gasteiger partial charge < -0.3 is 5.32 Å². The van der Waals surface area contributed by atoms with Gasteiger partial charge in [-0.15, -0.1) is 0 Å². The number of hydrogen-bond donors (Lipinski definition) is 2. The number of rotatable bonds is 6. The molecule has 162 valence electrons. The number of benzene rings is 1. The summed E-state index contributed by atoms with van der Waals surface area (Å²) in [6.07, 6.45) is 6.16. The van der Waals surface area contributed by atoms with E-state index in [0.29, 0.717) is 41.6 Å². The van der Waals surface area contributed by atoms with Gasteiger partial charge >= 0.3 is 10.2 Å². The number of nitrogens with zero attached hydrogens (tertiary/aromatic N) is 3. The van der Waals surface area contributed by atoms with E-state index in [1.54, 1.807) is 30.7 Å². The summed E-state index contributed by atoms with van der Waals surface area (Å²) in [5, 5.41) is 3.40. The molecule has 3 heterocycles. The molecule has 0 fully saturated rings. The maximum absolute atomic E-state index is 14.2. The number of halogens is 2. The van der Waals surface area contributed by atoms with Crippen molar-refractivity contribution in [3.8, 4) is 0 Å². The standard InChI is InChI=1S/C21H21ClFN5O2S/c1-13-15(11-25-12-20(13)27-19-4-3-16(22)10-18(19)23)9-14-5-7-26-21-17(14)6-8-28(21)31(29,30)24-2/h3-5,7,10-12,24,27H,6,8-9H2,1-2H3. The molecular formula is C21H21ClFN5O2S. The molecule has 4 rings (SSSR count). The van der Waals surface area contributed by atoms with E-state index >= 15 is 0 Å². The van der Waals surface area contributed by atoms with Gasteiger partial charge in [-0.1, -0.05) is 11.6 Å². The van der Waals surface area contributed by atoms with Gasteiger partial charge in [-0.2, -0.15) is 8.42 Å². The fourth-order valence-corrected chi connectivity index (χ4v) is 4.75. The maximum atomic E-state index is 14.2. The van der Waals surface area contributed by atoms with Gasteiger partial charge in [0.25, 0.3) is 0 Å². The van der Waals surface area contributed by atoms with Crippen molar-refractivity contribution in [3.05, 3.63) is 75.9 Å². The Hall–Kier alpha value is -2.75. The van der Waals surface area contributed by atoms with Crippen molar-refractivity contribution in [2.24, 2.45) is 0 Å². The Kier molecular flexibility index (Phi) is 5.83. The highest BCUT2D eigenvalue weighted by molar-refractivity contribution is 7.90. The van der Waals surface area contributed by atoms with E-state index in [1.165, 1.54) is 17.4 Å². The predicted molar refractivity (Wildman–Crippen MR) is 120 cm³/mol. The molecular weight excluding hydrogens is 441 g/mol. The quantitative estimate of drug-likeness (QED) is 0.584. The fraction of sp³-hybridized carbons (Fsp3) is 0.238.